The minimum atomic E-state index is -0.168. The van der Waals surface area contributed by atoms with E-state index in [1.807, 2.05) is 10.6 Å². The van der Waals surface area contributed by atoms with Gasteiger partial charge in [-0.25, -0.2) is 0 Å². The Bertz CT molecular complexity index is 1200. The highest BCUT2D eigenvalue weighted by Crippen LogP contribution is 2.32. The number of carbonyl (C=O) groups excluding carboxylic acids is 3. The minimum Gasteiger partial charge on any atom is -0.284 e. The average Bonchev–Trinajstić information content (AvgIpc) is 3.33. The van der Waals surface area contributed by atoms with E-state index in [1.165, 1.54) is 28.0 Å². The van der Waals surface area contributed by atoms with Crippen LogP contribution in [0.2, 0.25) is 0 Å². The fourth-order valence-electron chi connectivity index (χ4n) is 5.59. The Labute approximate surface area is 200 Å². The maximum atomic E-state index is 13.1. The third kappa shape index (κ3) is 4.20. The highest BCUT2D eigenvalue weighted by atomic mass is 16.2. The first-order chi connectivity index (χ1) is 16.7. The van der Waals surface area contributed by atoms with Crippen LogP contribution in [0.3, 0.4) is 0 Å². The molecule has 0 saturated carbocycles. The summed E-state index contributed by atoms with van der Waals surface area (Å²) in [5, 5.41) is 1.25. The van der Waals surface area contributed by atoms with Crippen molar-refractivity contribution in [1.29, 1.82) is 0 Å². The van der Waals surface area contributed by atoms with Crippen molar-refractivity contribution in [2.24, 2.45) is 0 Å². The number of imide groups is 1. The molecular weight excluding hydrogens is 424 g/mol. The van der Waals surface area contributed by atoms with Crippen molar-refractivity contribution < 1.29 is 14.4 Å². The standard InChI is InChI=1S/C29H32N2O3/c32-27(31-25-17-10-8-13-21(25)22-14-9-11-18-26(22)31)19-5-3-1-2-4-12-20-30-28(33)23-15-6-7-16-24(23)29(30)34/h6-8,10,13,15-17H,1-5,9,11-12,14,18-20H2. The van der Waals surface area contributed by atoms with Gasteiger partial charge in [0.05, 0.1) is 16.6 Å². The Kier molecular flexibility index (Phi) is 6.61. The topological polar surface area (TPSA) is 59.4 Å². The summed E-state index contributed by atoms with van der Waals surface area (Å²) in [7, 11) is 0. The molecule has 0 saturated heterocycles. The summed E-state index contributed by atoms with van der Waals surface area (Å²) in [4.78, 5) is 39.3. The summed E-state index contributed by atoms with van der Waals surface area (Å²) >= 11 is 0. The zero-order valence-corrected chi connectivity index (χ0v) is 19.7. The molecule has 0 bridgehead atoms. The van der Waals surface area contributed by atoms with Crippen molar-refractivity contribution in [3.05, 3.63) is 70.9 Å². The number of para-hydroxylation sites is 1. The highest BCUT2D eigenvalue weighted by Gasteiger charge is 2.34. The summed E-state index contributed by atoms with van der Waals surface area (Å²) in [6.45, 7) is 0.483. The fraction of sp³-hybridized carbons (Fsp3) is 0.414. The van der Waals surface area contributed by atoms with E-state index in [0.29, 0.717) is 24.1 Å². The lowest BCUT2D eigenvalue weighted by Crippen LogP contribution is -2.30. The van der Waals surface area contributed by atoms with Crippen molar-refractivity contribution >= 4 is 28.6 Å². The van der Waals surface area contributed by atoms with Crippen LogP contribution in [0.15, 0.2) is 48.5 Å². The first-order valence-corrected chi connectivity index (χ1v) is 12.8. The van der Waals surface area contributed by atoms with Gasteiger partial charge in [-0.05, 0) is 62.3 Å². The second kappa shape index (κ2) is 9.96. The lowest BCUT2D eigenvalue weighted by atomic mass is 9.95. The zero-order valence-electron chi connectivity index (χ0n) is 19.7. The Morgan fingerprint density at radius 1 is 0.735 bits per heavy atom. The molecule has 1 aliphatic heterocycles. The van der Waals surface area contributed by atoms with Crippen LogP contribution in [0.1, 0.15) is 94.6 Å². The Balaban J connectivity index is 1.05. The molecule has 2 aromatic carbocycles. The number of hydrogen-bond donors (Lipinski definition) is 0. The molecule has 0 radical (unpaired) electrons. The van der Waals surface area contributed by atoms with Crippen molar-refractivity contribution in [2.75, 3.05) is 6.54 Å². The van der Waals surface area contributed by atoms with Crippen molar-refractivity contribution in [3.8, 4) is 0 Å². The van der Waals surface area contributed by atoms with Gasteiger partial charge in [0.2, 0.25) is 5.91 Å². The van der Waals surface area contributed by atoms with Crippen LogP contribution in [-0.2, 0) is 12.8 Å². The molecule has 0 fully saturated rings. The molecule has 0 unspecified atom stereocenters. The molecule has 34 heavy (non-hydrogen) atoms. The monoisotopic (exact) mass is 456 g/mol. The first-order valence-electron chi connectivity index (χ1n) is 12.8. The molecule has 0 spiro atoms. The van der Waals surface area contributed by atoms with Crippen LogP contribution in [0.4, 0.5) is 0 Å². The van der Waals surface area contributed by atoms with E-state index in [-0.39, 0.29) is 17.7 Å². The van der Waals surface area contributed by atoms with E-state index in [2.05, 4.69) is 18.2 Å². The van der Waals surface area contributed by atoms with E-state index in [4.69, 9.17) is 0 Å². The van der Waals surface area contributed by atoms with E-state index in [1.54, 1.807) is 24.3 Å². The number of benzene rings is 2. The number of nitrogens with zero attached hydrogens (tertiary/aromatic N) is 2. The van der Waals surface area contributed by atoms with Gasteiger partial charge in [0, 0.05) is 24.0 Å². The third-order valence-corrected chi connectivity index (χ3v) is 7.33. The Morgan fingerprint density at radius 2 is 1.35 bits per heavy atom. The Morgan fingerprint density at radius 3 is 2.12 bits per heavy atom. The normalized spacial score (nSPS) is 15.1. The smallest absolute Gasteiger partial charge is 0.261 e. The molecule has 5 rings (SSSR count). The van der Waals surface area contributed by atoms with Crippen LogP contribution >= 0.6 is 0 Å². The predicted octanol–water partition coefficient (Wildman–Crippen LogP) is 6.19. The van der Waals surface area contributed by atoms with Crippen LogP contribution in [0, 0.1) is 0 Å². The fourth-order valence-corrected chi connectivity index (χ4v) is 5.59. The number of amides is 2. The summed E-state index contributed by atoms with van der Waals surface area (Å²) in [5.41, 5.74) is 4.74. The zero-order chi connectivity index (χ0) is 23.5. The van der Waals surface area contributed by atoms with Gasteiger partial charge in [-0.3, -0.25) is 23.9 Å². The lowest BCUT2D eigenvalue weighted by Gasteiger charge is -2.15. The van der Waals surface area contributed by atoms with Crippen molar-refractivity contribution in [2.45, 2.75) is 70.6 Å². The van der Waals surface area contributed by atoms with Gasteiger partial charge < -0.3 is 0 Å². The maximum Gasteiger partial charge on any atom is 0.261 e. The molecule has 1 aliphatic carbocycles. The van der Waals surface area contributed by atoms with Gasteiger partial charge in [0.25, 0.3) is 11.8 Å². The van der Waals surface area contributed by atoms with Gasteiger partial charge in [0.1, 0.15) is 0 Å². The third-order valence-electron chi connectivity index (χ3n) is 7.33. The van der Waals surface area contributed by atoms with E-state index in [9.17, 15) is 14.4 Å². The highest BCUT2D eigenvalue weighted by molar-refractivity contribution is 6.21. The molecule has 176 valence electrons. The summed E-state index contributed by atoms with van der Waals surface area (Å²) in [6, 6.07) is 15.4. The Hall–Kier alpha value is -3.21. The molecular formula is C29H32N2O3. The number of aryl methyl sites for hydroxylation is 1. The van der Waals surface area contributed by atoms with E-state index >= 15 is 0 Å². The largest absolute Gasteiger partial charge is 0.284 e. The molecule has 2 aliphatic rings. The number of rotatable bonds is 9. The molecule has 3 aromatic rings. The molecule has 5 heteroatoms. The summed E-state index contributed by atoms with van der Waals surface area (Å²) < 4.78 is 2.01. The second-order valence-corrected chi connectivity index (χ2v) is 9.56. The van der Waals surface area contributed by atoms with Crippen LogP contribution in [0.5, 0.6) is 0 Å². The number of fused-ring (bicyclic) bond motifs is 4. The summed E-state index contributed by atoms with van der Waals surface area (Å²) in [6.07, 6.45) is 10.9. The number of hydrogen-bond acceptors (Lipinski definition) is 3. The second-order valence-electron chi connectivity index (χ2n) is 9.56. The molecule has 0 atom stereocenters. The van der Waals surface area contributed by atoms with Crippen LogP contribution in [0.25, 0.3) is 10.9 Å². The molecule has 5 nitrogen and oxygen atoms in total. The molecule has 2 heterocycles. The number of aromatic nitrogens is 1. The molecule has 1 aromatic heterocycles. The average molecular weight is 457 g/mol. The van der Waals surface area contributed by atoms with Gasteiger partial charge in [-0.2, -0.15) is 0 Å². The van der Waals surface area contributed by atoms with Crippen LogP contribution in [-0.4, -0.2) is 33.7 Å². The predicted molar refractivity (Wildman–Crippen MR) is 133 cm³/mol. The van der Waals surface area contributed by atoms with Gasteiger partial charge in [0.15, 0.2) is 0 Å². The van der Waals surface area contributed by atoms with E-state index in [0.717, 1.165) is 63.3 Å². The van der Waals surface area contributed by atoms with Gasteiger partial charge in [-0.15, -0.1) is 0 Å². The molecule has 0 N–H and O–H groups in total. The SMILES string of the molecule is O=C1c2ccccc2C(=O)N1CCCCCCCCC(=O)n1c2c(c3ccccc31)CCCC2. The van der Waals surface area contributed by atoms with Crippen molar-refractivity contribution in [3.63, 3.8) is 0 Å². The van der Waals surface area contributed by atoms with Gasteiger partial charge in [-0.1, -0.05) is 56.0 Å². The van der Waals surface area contributed by atoms with Crippen molar-refractivity contribution in [1.82, 2.24) is 9.47 Å². The summed E-state index contributed by atoms with van der Waals surface area (Å²) in [5.74, 6) is -0.109. The minimum absolute atomic E-state index is 0.168. The lowest BCUT2D eigenvalue weighted by molar-refractivity contribution is 0.0651. The van der Waals surface area contributed by atoms with Crippen LogP contribution < -0.4 is 0 Å². The van der Waals surface area contributed by atoms with Gasteiger partial charge >= 0.3 is 0 Å². The first kappa shape index (κ1) is 22.6. The maximum absolute atomic E-state index is 13.1. The van der Waals surface area contributed by atoms with E-state index < -0.39 is 0 Å². The number of carbonyl (C=O) groups is 3. The quantitative estimate of drug-likeness (QED) is 0.285. The number of unbranched alkanes of at least 4 members (excludes halogenated alkanes) is 5. The molecule has 2 amide bonds.